The number of rotatable bonds is 8. The summed E-state index contributed by atoms with van der Waals surface area (Å²) in [5.41, 5.74) is 0. The minimum absolute atomic E-state index is 0.401. The molecule has 0 saturated carbocycles. The quantitative estimate of drug-likeness (QED) is 0.351. The molecule has 3 nitrogen and oxygen atoms in total. The Balaban J connectivity index is 3.57. The van der Waals surface area contributed by atoms with Gasteiger partial charge in [-0.2, -0.15) is 0 Å². The molecule has 0 rings (SSSR count). The lowest BCUT2D eigenvalue weighted by Gasteiger charge is -2.18. The first kappa shape index (κ1) is 12.9. The Morgan fingerprint density at radius 1 is 1.08 bits per heavy atom. The van der Waals surface area contributed by atoms with Gasteiger partial charge in [-0.1, -0.05) is 39.5 Å². The average molecular weight is 190 g/mol. The highest BCUT2D eigenvalue weighted by Gasteiger charge is 2.18. The molecule has 0 aromatic carbocycles. The molecule has 0 bridgehead atoms. The van der Waals surface area contributed by atoms with Crippen molar-refractivity contribution in [2.75, 3.05) is 0 Å². The Labute approximate surface area is 80.7 Å². The lowest BCUT2D eigenvalue weighted by atomic mass is 10.0. The summed E-state index contributed by atoms with van der Waals surface area (Å²) in [5.74, 6) is 0. The van der Waals surface area contributed by atoms with Gasteiger partial charge in [0.15, 0.2) is 0 Å². The second kappa shape index (κ2) is 8.48. The molecular weight excluding hydrogens is 168 g/mol. The van der Waals surface area contributed by atoms with Crippen molar-refractivity contribution in [2.24, 2.45) is 0 Å². The van der Waals surface area contributed by atoms with Crippen molar-refractivity contribution in [1.82, 2.24) is 0 Å². The van der Waals surface area contributed by atoms with E-state index in [1.54, 1.807) is 0 Å². The molecule has 0 aliphatic heterocycles. The predicted octanol–water partition coefficient (Wildman–Crippen LogP) is 2.59. The van der Waals surface area contributed by atoms with Gasteiger partial charge in [0, 0.05) is 0 Å². The van der Waals surface area contributed by atoms with Crippen LogP contribution in [0.3, 0.4) is 0 Å². The molecule has 2 atom stereocenters. The number of aliphatic hydroxyl groups is 1. The van der Waals surface area contributed by atoms with Crippen molar-refractivity contribution >= 4 is 0 Å². The van der Waals surface area contributed by atoms with E-state index in [0.717, 1.165) is 32.1 Å². The summed E-state index contributed by atoms with van der Waals surface area (Å²) in [6, 6.07) is 0. The summed E-state index contributed by atoms with van der Waals surface area (Å²) >= 11 is 0. The lowest BCUT2D eigenvalue weighted by Crippen LogP contribution is -2.27. The maximum absolute atomic E-state index is 9.58. The highest BCUT2D eigenvalue weighted by molar-refractivity contribution is 4.67. The first-order chi connectivity index (χ1) is 6.26. The smallest absolute Gasteiger partial charge is 0.118 e. The third-order valence-electron chi connectivity index (χ3n) is 2.24. The van der Waals surface area contributed by atoms with Crippen LogP contribution >= 0.6 is 0 Å². The molecule has 2 N–H and O–H groups in total. The molecule has 0 aliphatic rings. The highest BCUT2D eigenvalue weighted by Crippen LogP contribution is 2.12. The largest absolute Gasteiger partial charge is 0.390 e. The van der Waals surface area contributed by atoms with Gasteiger partial charge in [0.25, 0.3) is 0 Å². The van der Waals surface area contributed by atoms with Crippen LogP contribution in [0.15, 0.2) is 0 Å². The van der Waals surface area contributed by atoms with E-state index in [1.165, 1.54) is 0 Å². The maximum Gasteiger partial charge on any atom is 0.118 e. The molecule has 0 saturated heterocycles. The van der Waals surface area contributed by atoms with Crippen LogP contribution in [0.5, 0.6) is 0 Å². The molecule has 0 aromatic rings. The van der Waals surface area contributed by atoms with Crippen LogP contribution in [0.1, 0.15) is 52.4 Å². The van der Waals surface area contributed by atoms with E-state index >= 15 is 0 Å². The average Bonchev–Trinajstić information content (AvgIpc) is 2.14. The number of unbranched alkanes of at least 4 members (excludes halogenated alkanes) is 2. The van der Waals surface area contributed by atoms with Crippen LogP contribution in [0, 0.1) is 0 Å². The zero-order valence-corrected chi connectivity index (χ0v) is 8.70. The molecule has 0 spiro atoms. The molecule has 0 fully saturated rings. The monoisotopic (exact) mass is 190 g/mol. The molecule has 2 unspecified atom stereocenters. The Morgan fingerprint density at radius 2 is 1.77 bits per heavy atom. The van der Waals surface area contributed by atoms with Crippen molar-refractivity contribution in [3.05, 3.63) is 0 Å². The lowest BCUT2D eigenvalue weighted by molar-refractivity contribution is -0.298. The molecule has 0 aromatic heterocycles. The predicted molar refractivity (Wildman–Crippen MR) is 52.6 cm³/mol. The van der Waals surface area contributed by atoms with Gasteiger partial charge in [-0.05, 0) is 12.8 Å². The second-order valence-electron chi connectivity index (χ2n) is 3.50. The molecular formula is C10H22O3. The summed E-state index contributed by atoms with van der Waals surface area (Å²) in [7, 11) is 0. The van der Waals surface area contributed by atoms with E-state index in [0.29, 0.717) is 6.42 Å². The zero-order valence-electron chi connectivity index (χ0n) is 8.70. The van der Waals surface area contributed by atoms with Crippen LogP contribution < -0.4 is 0 Å². The fourth-order valence-corrected chi connectivity index (χ4v) is 1.39. The van der Waals surface area contributed by atoms with Crippen LogP contribution in [0.25, 0.3) is 0 Å². The topological polar surface area (TPSA) is 49.7 Å². The van der Waals surface area contributed by atoms with E-state index in [2.05, 4.69) is 11.8 Å². The minimum atomic E-state index is -0.517. The molecule has 80 valence electrons. The zero-order chi connectivity index (χ0) is 10.1. The van der Waals surface area contributed by atoms with Gasteiger partial charge in [0.1, 0.15) is 6.10 Å². The van der Waals surface area contributed by atoms with Crippen LogP contribution in [-0.2, 0) is 4.89 Å². The molecule has 0 heterocycles. The summed E-state index contributed by atoms with van der Waals surface area (Å²) in [6.07, 6.45) is 4.70. The Hall–Kier alpha value is -0.120. The number of hydrogen-bond donors (Lipinski definition) is 2. The molecule has 13 heavy (non-hydrogen) atoms. The van der Waals surface area contributed by atoms with E-state index in [1.807, 2.05) is 6.92 Å². The minimum Gasteiger partial charge on any atom is -0.390 e. The molecule has 0 amide bonds. The fourth-order valence-electron chi connectivity index (χ4n) is 1.39. The Kier molecular flexibility index (Phi) is 8.40. The van der Waals surface area contributed by atoms with Gasteiger partial charge >= 0.3 is 0 Å². The van der Waals surface area contributed by atoms with Crippen molar-refractivity contribution in [3.8, 4) is 0 Å². The first-order valence-corrected chi connectivity index (χ1v) is 5.24. The van der Waals surface area contributed by atoms with Gasteiger partial charge in [0.2, 0.25) is 0 Å². The summed E-state index contributed by atoms with van der Waals surface area (Å²) in [4.78, 5) is 4.23. The Bertz CT molecular complexity index is 106. The normalized spacial score (nSPS) is 15.7. The van der Waals surface area contributed by atoms with E-state index in [-0.39, 0.29) is 0 Å². The number of hydrogen-bond acceptors (Lipinski definition) is 3. The number of aliphatic hydroxyl groups excluding tert-OH is 1. The van der Waals surface area contributed by atoms with Gasteiger partial charge in [-0.15, -0.1) is 0 Å². The van der Waals surface area contributed by atoms with Gasteiger partial charge < -0.3 is 5.11 Å². The fraction of sp³-hybridized carbons (Fsp3) is 1.00. The third kappa shape index (κ3) is 6.02. The van der Waals surface area contributed by atoms with Crippen LogP contribution in [-0.4, -0.2) is 22.6 Å². The van der Waals surface area contributed by atoms with Crippen molar-refractivity contribution in [3.63, 3.8) is 0 Å². The standard InChI is InChI=1S/C10H22O3/c1-3-5-6-8-9(11)10(13-12)7-4-2/h9-12H,3-8H2,1-2H3. The summed E-state index contributed by atoms with van der Waals surface area (Å²) < 4.78 is 0. The summed E-state index contributed by atoms with van der Waals surface area (Å²) in [5, 5.41) is 18.1. The van der Waals surface area contributed by atoms with Crippen LogP contribution in [0.4, 0.5) is 0 Å². The van der Waals surface area contributed by atoms with Crippen molar-refractivity contribution in [1.29, 1.82) is 0 Å². The maximum atomic E-state index is 9.58. The van der Waals surface area contributed by atoms with Crippen molar-refractivity contribution < 1.29 is 15.3 Å². The van der Waals surface area contributed by atoms with Gasteiger partial charge in [0.05, 0.1) is 6.10 Å². The molecule has 0 radical (unpaired) electrons. The SMILES string of the molecule is CCCCCC(O)C(CCC)OO. The van der Waals surface area contributed by atoms with E-state index in [9.17, 15) is 5.11 Å². The van der Waals surface area contributed by atoms with Crippen LogP contribution in [0.2, 0.25) is 0 Å². The van der Waals surface area contributed by atoms with Gasteiger partial charge in [-0.3, -0.25) is 5.26 Å². The highest BCUT2D eigenvalue weighted by atomic mass is 17.1. The molecule has 0 aliphatic carbocycles. The van der Waals surface area contributed by atoms with Gasteiger partial charge in [-0.25, -0.2) is 4.89 Å². The second-order valence-corrected chi connectivity index (χ2v) is 3.50. The van der Waals surface area contributed by atoms with E-state index in [4.69, 9.17) is 5.26 Å². The van der Waals surface area contributed by atoms with Crippen molar-refractivity contribution in [2.45, 2.75) is 64.6 Å². The van der Waals surface area contributed by atoms with E-state index < -0.39 is 12.2 Å². The summed E-state index contributed by atoms with van der Waals surface area (Å²) in [6.45, 7) is 4.13. The molecule has 3 heteroatoms. The Morgan fingerprint density at radius 3 is 2.23 bits per heavy atom. The third-order valence-corrected chi connectivity index (χ3v) is 2.24. The first-order valence-electron chi connectivity index (χ1n) is 5.24.